The number of guanidine groups is 1. The molecule has 6 heteroatoms. The second-order valence-corrected chi connectivity index (χ2v) is 6.35. The second-order valence-electron chi connectivity index (χ2n) is 6.35. The molecule has 2 rings (SSSR count). The van der Waals surface area contributed by atoms with Crippen LogP contribution in [0, 0.1) is 0 Å². The summed E-state index contributed by atoms with van der Waals surface area (Å²) in [7, 11) is 1.68. The molecule has 0 amide bonds. The first-order valence-electron chi connectivity index (χ1n) is 9.12. The molecule has 0 aliphatic carbocycles. The van der Waals surface area contributed by atoms with E-state index in [4.69, 9.17) is 4.74 Å². The fourth-order valence-corrected chi connectivity index (χ4v) is 3.05. The maximum atomic E-state index is 5.19. The zero-order chi connectivity index (χ0) is 17.2. The van der Waals surface area contributed by atoms with E-state index in [2.05, 4.69) is 46.5 Å². The Hall–Kier alpha value is -1.02. The van der Waals surface area contributed by atoms with E-state index >= 15 is 0 Å². The summed E-state index contributed by atoms with van der Waals surface area (Å²) in [4.78, 5) is 7.25. The Labute approximate surface area is 169 Å². The van der Waals surface area contributed by atoms with Crippen molar-refractivity contribution >= 4 is 29.9 Å². The number of hydrogen-bond donors (Lipinski definition) is 2. The fraction of sp³-hybridized carbons (Fsp3) is 0.632. The van der Waals surface area contributed by atoms with Crippen molar-refractivity contribution in [3.8, 4) is 5.75 Å². The van der Waals surface area contributed by atoms with Gasteiger partial charge < -0.3 is 15.4 Å². The van der Waals surface area contributed by atoms with E-state index in [-0.39, 0.29) is 24.0 Å². The van der Waals surface area contributed by atoms with Gasteiger partial charge in [-0.1, -0.05) is 18.6 Å². The topological polar surface area (TPSA) is 48.9 Å². The van der Waals surface area contributed by atoms with Crippen molar-refractivity contribution in [1.29, 1.82) is 0 Å². The van der Waals surface area contributed by atoms with Crippen LogP contribution in [0.25, 0.3) is 0 Å². The van der Waals surface area contributed by atoms with Gasteiger partial charge in [-0.25, -0.2) is 4.99 Å². The molecule has 25 heavy (non-hydrogen) atoms. The third-order valence-corrected chi connectivity index (χ3v) is 4.56. The Morgan fingerprint density at radius 2 is 2.00 bits per heavy atom. The molecule has 1 unspecified atom stereocenters. The van der Waals surface area contributed by atoms with E-state index in [9.17, 15) is 0 Å². The third-order valence-electron chi connectivity index (χ3n) is 4.56. The van der Waals surface area contributed by atoms with Gasteiger partial charge in [-0.3, -0.25) is 4.90 Å². The number of nitrogens with zero attached hydrogens (tertiary/aromatic N) is 2. The van der Waals surface area contributed by atoms with Crippen LogP contribution in [0.1, 0.15) is 38.7 Å². The van der Waals surface area contributed by atoms with Crippen molar-refractivity contribution in [1.82, 2.24) is 15.5 Å². The summed E-state index contributed by atoms with van der Waals surface area (Å²) in [5.41, 5.74) is 1.18. The van der Waals surface area contributed by atoms with Crippen molar-refractivity contribution in [3.63, 3.8) is 0 Å². The van der Waals surface area contributed by atoms with E-state index < -0.39 is 0 Å². The quantitative estimate of drug-likeness (QED) is 0.373. The maximum absolute atomic E-state index is 5.19. The number of rotatable bonds is 7. The van der Waals surface area contributed by atoms with E-state index in [0.717, 1.165) is 31.3 Å². The predicted molar refractivity (Wildman–Crippen MR) is 116 cm³/mol. The van der Waals surface area contributed by atoms with Gasteiger partial charge in [0.1, 0.15) is 5.75 Å². The van der Waals surface area contributed by atoms with Crippen LogP contribution in [0.15, 0.2) is 29.3 Å². The average Bonchev–Trinajstić information content (AvgIpc) is 2.61. The van der Waals surface area contributed by atoms with Gasteiger partial charge in [-0.05, 0) is 50.9 Å². The minimum absolute atomic E-state index is 0. The van der Waals surface area contributed by atoms with Crippen molar-refractivity contribution in [2.75, 3.05) is 33.3 Å². The summed E-state index contributed by atoms with van der Waals surface area (Å²) in [6, 6.07) is 8.77. The van der Waals surface area contributed by atoms with Crippen LogP contribution in [0.5, 0.6) is 5.75 Å². The van der Waals surface area contributed by atoms with Gasteiger partial charge in [0.05, 0.1) is 13.7 Å². The van der Waals surface area contributed by atoms with Crippen molar-refractivity contribution in [3.05, 3.63) is 29.8 Å². The van der Waals surface area contributed by atoms with Crippen molar-refractivity contribution in [2.24, 2.45) is 4.99 Å². The second kappa shape index (κ2) is 12.4. The molecule has 1 heterocycles. The molecule has 1 aromatic carbocycles. The number of halogens is 1. The van der Waals surface area contributed by atoms with Crippen LogP contribution < -0.4 is 15.4 Å². The Morgan fingerprint density at radius 1 is 1.24 bits per heavy atom. The zero-order valence-electron chi connectivity index (χ0n) is 15.8. The lowest BCUT2D eigenvalue weighted by molar-refractivity contribution is 0.163. The van der Waals surface area contributed by atoms with Crippen LogP contribution >= 0.6 is 24.0 Å². The Kier molecular flexibility index (Phi) is 10.9. The monoisotopic (exact) mass is 460 g/mol. The molecule has 1 atom stereocenters. The molecule has 1 aliphatic rings. The van der Waals surface area contributed by atoms with Crippen LogP contribution in [0.4, 0.5) is 0 Å². The minimum Gasteiger partial charge on any atom is -0.497 e. The molecule has 0 radical (unpaired) electrons. The number of likely N-dealkylation sites (tertiary alicyclic amines) is 1. The lowest BCUT2D eigenvalue weighted by Gasteiger charge is -2.33. The summed E-state index contributed by atoms with van der Waals surface area (Å²) >= 11 is 0. The van der Waals surface area contributed by atoms with Gasteiger partial charge in [0, 0.05) is 25.7 Å². The highest BCUT2D eigenvalue weighted by atomic mass is 127. The molecular formula is C19H33IN4O. The van der Waals surface area contributed by atoms with Crippen LogP contribution in [0.3, 0.4) is 0 Å². The summed E-state index contributed by atoms with van der Waals surface area (Å²) in [5, 5.41) is 6.77. The van der Waals surface area contributed by atoms with Crippen LogP contribution in [-0.4, -0.2) is 50.2 Å². The number of aliphatic imine (C=N–C) groups is 1. The lowest BCUT2D eigenvalue weighted by atomic mass is 10.0. The van der Waals surface area contributed by atoms with Crippen LogP contribution in [0.2, 0.25) is 0 Å². The third kappa shape index (κ3) is 7.81. The van der Waals surface area contributed by atoms with Gasteiger partial charge in [0.2, 0.25) is 0 Å². The molecule has 5 nitrogen and oxygen atoms in total. The number of hydrogen-bond acceptors (Lipinski definition) is 3. The normalized spacial score (nSPS) is 18.4. The number of benzene rings is 1. The molecule has 1 saturated heterocycles. The van der Waals surface area contributed by atoms with E-state index in [1.165, 1.54) is 31.4 Å². The summed E-state index contributed by atoms with van der Waals surface area (Å²) in [6.07, 6.45) is 4.03. The first-order valence-corrected chi connectivity index (χ1v) is 9.12. The summed E-state index contributed by atoms with van der Waals surface area (Å²) in [6.45, 7) is 9.20. The van der Waals surface area contributed by atoms with Gasteiger partial charge in [-0.15, -0.1) is 24.0 Å². The maximum Gasteiger partial charge on any atom is 0.191 e. The minimum atomic E-state index is 0. The van der Waals surface area contributed by atoms with E-state index in [1.807, 2.05) is 12.1 Å². The van der Waals surface area contributed by atoms with Gasteiger partial charge in [-0.2, -0.15) is 0 Å². The predicted octanol–water partition coefficient (Wildman–Crippen LogP) is 3.24. The molecular weight excluding hydrogens is 427 g/mol. The Balaban J connectivity index is 0.00000312. The summed E-state index contributed by atoms with van der Waals surface area (Å²) in [5.74, 6) is 1.77. The number of nitrogens with one attached hydrogen (secondary N) is 2. The van der Waals surface area contributed by atoms with Crippen molar-refractivity contribution < 1.29 is 4.74 Å². The van der Waals surface area contributed by atoms with E-state index in [1.54, 1.807) is 7.11 Å². The molecule has 1 aliphatic heterocycles. The Morgan fingerprint density at radius 3 is 2.64 bits per heavy atom. The van der Waals surface area contributed by atoms with Crippen molar-refractivity contribution in [2.45, 2.75) is 45.7 Å². The first kappa shape index (κ1) is 22.0. The smallest absolute Gasteiger partial charge is 0.191 e. The zero-order valence-corrected chi connectivity index (χ0v) is 18.1. The number of methoxy groups -OCH3 is 1. The average molecular weight is 460 g/mol. The molecule has 0 saturated carbocycles. The fourth-order valence-electron chi connectivity index (χ4n) is 3.05. The molecule has 1 aromatic rings. The Bertz CT molecular complexity index is 507. The van der Waals surface area contributed by atoms with Crippen LogP contribution in [-0.2, 0) is 6.54 Å². The highest BCUT2D eigenvalue weighted by molar-refractivity contribution is 14.0. The molecule has 2 N–H and O–H groups in total. The molecule has 0 spiro atoms. The standard InChI is InChI=1S/C19H32N4O.HI/c1-4-20-19(21-12-14-23-13-6-5-7-16(23)2)22-15-17-8-10-18(24-3)11-9-17;/h8-11,16H,4-7,12-15H2,1-3H3,(H2,20,21,22);1H. The first-order chi connectivity index (χ1) is 11.7. The molecule has 0 aromatic heterocycles. The summed E-state index contributed by atoms with van der Waals surface area (Å²) < 4.78 is 5.19. The van der Waals surface area contributed by atoms with Gasteiger partial charge in [0.15, 0.2) is 5.96 Å². The number of ether oxygens (including phenoxy) is 1. The number of piperidine rings is 1. The SMILES string of the molecule is CCNC(=NCc1ccc(OC)cc1)NCCN1CCCCC1C.I. The van der Waals surface area contributed by atoms with E-state index in [0.29, 0.717) is 12.6 Å². The highest BCUT2D eigenvalue weighted by Crippen LogP contribution is 2.15. The lowest BCUT2D eigenvalue weighted by Crippen LogP contribution is -2.45. The highest BCUT2D eigenvalue weighted by Gasteiger charge is 2.17. The molecule has 142 valence electrons. The molecule has 0 bridgehead atoms. The van der Waals surface area contributed by atoms with Gasteiger partial charge in [0.25, 0.3) is 0 Å². The van der Waals surface area contributed by atoms with Gasteiger partial charge >= 0.3 is 0 Å². The molecule has 1 fully saturated rings. The largest absolute Gasteiger partial charge is 0.497 e.